The molecule has 1 aliphatic rings. The Balaban J connectivity index is 2.01. The topological polar surface area (TPSA) is 21.3 Å². The highest BCUT2D eigenvalue weighted by Crippen LogP contribution is 2.21. The van der Waals surface area contributed by atoms with Gasteiger partial charge in [0.05, 0.1) is 0 Å². The van der Waals surface area contributed by atoms with Crippen LogP contribution >= 0.6 is 0 Å². The van der Waals surface area contributed by atoms with E-state index in [9.17, 15) is 13.2 Å². The Kier molecular flexibility index (Phi) is 3.92. The van der Waals surface area contributed by atoms with Gasteiger partial charge in [-0.05, 0) is 37.5 Å². The van der Waals surface area contributed by atoms with Crippen molar-refractivity contribution in [3.05, 3.63) is 35.1 Å². The second-order valence-electron chi connectivity index (χ2n) is 4.90. The average Bonchev–Trinajstić information content (AvgIpc) is 2.34. The van der Waals surface area contributed by atoms with Gasteiger partial charge in [0.25, 0.3) is 0 Å². The van der Waals surface area contributed by atoms with Crippen LogP contribution in [0.4, 0.5) is 13.2 Å². The van der Waals surface area contributed by atoms with E-state index in [0.29, 0.717) is 25.3 Å². The molecule has 1 aromatic carbocycles. The number of benzene rings is 1. The lowest BCUT2D eigenvalue weighted by Gasteiger charge is -2.34. The Labute approximate surface area is 104 Å². The summed E-state index contributed by atoms with van der Waals surface area (Å²) in [6, 6.07) is 2.04. The van der Waals surface area contributed by atoms with E-state index in [0.717, 1.165) is 25.0 Å². The Morgan fingerprint density at radius 1 is 1.17 bits per heavy atom. The summed E-state index contributed by atoms with van der Waals surface area (Å²) in [7, 11) is 0. The molecule has 0 radical (unpaired) electrons. The average molecular weight is 259 g/mol. The van der Waals surface area contributed by atoms with Crippen LogP contribution < -0.4 is 5.32 Å². The van der Waals surface area contributed by atoms with Gasteiger partial charge in [0, 0.05) is 25.3 Å². The zero-order valence-electron chi connectivity index (χ0n) is 10.2. The smallest absolute Gasteiger partial charge is 0.194 e. The number of hydrogen-bond donors (Lipinski definition) is 1. The van der Waals surface area contributed by atoms with Crippen LogP contribution in [-0.4, -0.2) is 18.8 Å². The Hall–Kier alpha value is -1.07. The van der Waals surface area contributed by atoms with Gasteiger partial charge in [0.2, 0.25) is 0 Å². The summed E-state index contributed by atoms with van der Waals surface area (Å²) in [5.41, 5.74) is 0.304. The monoisotopic (exact) mass is 259 g/mol. The minimum absolute atomic E-state index is 0.0976. The van der Waals surface area contributed by atoms with E-state index >= 15 is 0 Å². The summed E-state index contributed by atoms with van der Waals surface area (Å²) in [5, 5.41) is 3.25. The van der Waals surface area contributed by atoms with Crippen LogP contribution in [0.3, 0.4) is 0 Å². The Bertz CT molecular complexity index is 407. The first-order chi connectivity index (χ1) is 8.50. The molecular weight excluding hydrogens is 243 g/mol. The first-order valence-corrected chi connectivity index (χ1v) is 5.96. The fourth-order valence-electron chi connectivity index (χ4n) is 2.02. The van der Waals surface area contributed by atoms with E-state index in [1.807, 2.05) is 6.92 Å². The van der Waals surface area contributed by atoms with Crippen LogP contribution in [-0.2, 0) is 11.3 Å². The normalized spacial score (nSPS) is 18.9. The van der Waals surface area contributed by atoms with Crippen molar-refractivity contribution in [1.82, 2.24) is 5.32 Å². The van der Waals surface area contributed by atoms with Crippen molar-refractivity contribution in [2.45, 2.75) is 31.8 Å². The molecule has 100 valence electrons. The molecule has 1 aliphatic heterocycles. The van der Waals surface area contributed by atoms with Crippen LogP contribution in [0.2, 0.25) is 0 Å². The molecule has 1 saturated heterocycles. The third kappa shape index (κ3) is 3.03. The van der Waals surface area contributed by atoms with E-state index in [1.54, 1.807) is 0 Å². The number of hydrogen-bond acceptors (Lipinski definition) is 2. The van der Waals surface area contributed by atoms with Crippen molar-refractivity contribution >= 4 is 0 Å². The first-order valence-electron chi connectivity index (χ1n) is 5.96. The second-order valence-corrected chi connectivity index (χ2v) is 4.90. The Morgan fingerprint density at radius 2 is 1.72 bits per heavy atom. The zero-order chi connectivity index (χ0) is 13.2. The third-order valence-electron chi connectivity index (χ3n) is 3.36. The third-order valence-corrected chi connectivity index (χ3v) is 3.36. The molecule has 0 bridgehead atoms. The van der Waals surface area contributed by atoms with Gasteiger partial charge in [-0.15, -0.1) is 0 Å². The zero-order valence-corrected chi connectivity index (χ0v) is 10.2. The van der Waals surface area contributed by atoms with Gasteiger partial charge in [-0.2, -0.15) is 0 Å². The van der Waals surface area contributed by atoms with Crippen molar-refractivity contribution < 1.29 is 17.9 Å². The molecule has 5 heteroatoms. The van der Waals surface area contributed by atoms with Gasteiger partial charge >= 0.3 is 0 Å². The van der Waals surface area contributed by atoms with Gasteiger partial charge in [0.15, 0.2) is 17.5 Å². The molecule has 0 atom stereocenters. The second kappa shape index (κ2) is 5.28. The molecule has 0 saturated carbocycles. The largest absolute Gasteiger partial charge is 0.381 e. The summed E-state index contributed by atoms with van der Waals surface area (Å²) in [5.74, 6) is -3.72. The van der Waals surface area contributed by atoms with Crippen molar-refractivity contribution in [1.29, 1.82) is 0 Å². The van der Waals surface area contributed by atoms with E-state index < -0.39 is 17.5 Å². The maximum absolute atomic E-state index is 13.0. The van der Waals surface area contributed by atoms with Gasteiger partial charge < -0.3 is 10.1 Å². The van der Waals surface area contributed by atoms with Crippen LogP contribution in [0.15, 0.2) is 12.1 Å². The molecule has 2 rings (SSSR count). The predicted molar refractivity (Wildman–Crippen MR) is 61.6 cm³/mol. The quantitative estimate of drug-likeness (QED) is 0.843. The molecule has 1 N–H and O–H groups in total. The Morgan fingerprint density at radius 3 is 2.28 bits per heavy atom. The fourth-order valence-corrected chi connectivity index (χ4v) is 2.02. The lowest BCUT2D eigenvalue weighted by molar-refractivity contribution is 0.0446. The van der Waals surface area contributed by atoms with Crippen molar-refractivity contribution in [2.24, 2.45) is 0 Å². The molecule has 0 amide bonds. The standard InChI is InChI=1S/C13H16F3NO/c1-13(2-4-18-5-3-13)17-8-9-6-10(14)12(16)11(15)7-9/h6-7,17H,2-5,8H2,1H3. The molecule has 2 nitrogen and oxygen atoms in total. The van der Waals surface area contributed by atoms with Crippen LogP contribution in [0, 0.1) is 17.5 Å². The van der Waals surface area contributed by atoms with Crippen molar-refractivity contribution in [3.63, 3.8) is 0 Å². The summed E-state index contributed by atoms with van der Waals surface area (Å²) in [4.78, 5) is 0. The van der Waals surface area contributed by atoms with E-state index in [2.05, 4.69) is 5.32 Å². The molecule has 0 spiro atoms. The number of ether oxygens (including phenoxy) is 1. The SMILES string of the molecule is CC1(NCc2cc(F)c(F)c(F)c2)CCOCC1. The molecule has 0 aromatic heterocycles. The van der Waals surface area contributed by atoms with Crippen molar-refractivity contribution in [3.8, 4) is 0 Å². The molecule has 0 unspecified atom stereocenters. The highest BCUT2D eigenvalue weighted by atomic mass is 19.2. The fraction of sp³-hybridized carbons (Fsp3) is 0.538. The number of rotatable bonds is 3. The molecule has 0 aliphatic carbocycles. The van der Waals surface area contributed by atoms with Gasteiger partial charge in [0.1, 0.15) is 0 Å². The first kappa shape index (κ1) is 13.4. The summed E-state index contributed by atoms with van der Waals surface area (Å²) >= 11 is 0. The van der Waals surface area contributed by atoms with E-state index in [1.165, 1.54) is 0 Å². The summed E-state index contributed by atoms with van der Waals surface area (Å²) in [6.45, 7) is 3.71. The number of halogens is 3. The van der Waals surface area contributed by atoms with Crippen LogP contribution in [0.5, 0.6) is 0 Å². The van der Waals surface area contributed by atoms with Gasteiger partial charge in [-0.1, -0.05) is 0 Å². The van der Waals surface area contributed by atoms with Gasteiger partial charge in [-0.3, -0.25) is 0 Å². The molecule has 1 heterocycles. The summed E-state index contributed by atoms with van der Waals surface area (Å²) < 4.78 is 44.1. The molecule has 18 heavy (non-hydrogen) atoms. The maximum atomic E-state index is 13.0. The summed E-state index contributed by atoms with van der Waals surface area (Å²) in [6.07, 6.45) is 1.69. The van der Waals surface area contributed by atoms with E-state index in [4.69, 9.17) is 4.74 Å². The van der Waals surface area contributed by atoms with Crippen LogP contribution in [0.25, 0.3) is 0 Å². The van der Waals surface area contributed by atoms with E-state index in [-0.39, 0.29) is 5.54 Å². The van der Waals surface area contributed by atoms with Crippen molar-refractivity contribution in [2.75, 3.05) is 13.2 Å². The minimum atomic E-state index is -1.42. The van der Waals surface area contributed by atoms with Gasteiger partial charge in [-0.25, -0.2) is 13.2 Å². The minimum Gasteiger partial charge on any atom is -0.381 e. The van der Waals surface area contributed by atoms with Crippen LogP contribution in [0.1, 0.15) is 25.3 Å². The predicted octanol–water partition coefficient (Wildman–Crippen LogP) is 2.76. The highest BCUT2D eigenvalue weighted by Gasteiger charge is 2.26. The number of nitrogens with one attached hydrogen (secondary N) is 1. The maximum Gasteiger partial charge on any atom is 0.194 e. The molecule has 1 fully saturated rings. The highest BCUT2D eigenvalue weighted by molar-refractivity contribution is 5.19. The molecular formula is C13H16F3NO. The molecule has 1 aromatic rings. The lowest BCUT2D eigenvalue weighted by Crippen LogP contribution is -2.46. The lowest BCUT2D eigenvalue weighted by atomic mass is 9.92.